The number of halogens is 1. The van der Waals surface area contributed by atoms with Crippen LogP contribution in [0.2, 0.25) is 5.02 Å². The van der Waals surface area contributed by atoms with Crippen molar-refractivity contribution in [1.82, 2.24) is 9.62 Å². The Morgan fingerprint density at radius 2 is 1.77 bits per heavy atom. The summed E-state index contributed by atoms with van der Waals surface area (Å²) in [5.41, 5.74) is 0.554. The molecule has 0 spiro atoms. The third-order valence-electron chi connectivity index (χ3n) is 3.68. The number of benzene rings is 2. The maximum absolute atomic E-state index is 12.4. The third kappa shape index (κ3) is 5.23. The maximum Gasteiger partial charge on any atom is 0.242 e. The zero-order valence-electron chi connectivity index (χ0n) is 14.8. The molecule has 2 rings (SSSR count). The fourth-order valence-electron chi connectivity index (χ4n) is 2.20. The van der Waals surface area contributed by atoms with Crippen molar-refractivity contribution in [3.63, 3.8) is 0 Å². The van der Waals surface area contributed by atoms with Crippen LogP contribution in [0.3, 0.4) is 0 Å². The molecule has 0 fully saturated rings. The first-order valence-corrected chi connectivity index (χ1v) is 10.6. The van der Waals surface area contributed by atoms with Crippen LogP contribution >= 0.6 is 23.4 Å². The average Bonchev–Trinajstić information content (AvgIpc) is 2.61. The summed E-state index contributed by atoms with van der Waals surface area (Å²) >= 11 is 7.27. The molecular formula is C18H21ClN2O3S2. The molecule has 0 saturated heterocycles. The second-order valence-corrected chi connectivity index (χ2v) is 9.80. The molecule has 140 valence electrons. The van der Waals surface area contributed by atoms with Gasteiger partial charge in [-0.2, -0.15) is 0 Å². The van der Waals surface area contributed by atoms with E-state index in [4.69, 9.17) is 11.6 Å². The van der Waals surface area contributed by atoms with Crippen molar-refractivity contribution in [2.24, 2.45) is 0 Å². The van der Waals surface area contributed by atoms with Crippen molar-refractivity contribution >= 4 is 39.3 Å². The first-order valence-electron chi connectivity index (χ1n) is 7.92. The van der Waals surface area contributed by atoms with Crippen LogP contribution in [0.1, 0.15) is 12.5 Å². The van der Waals surface area contributed by atoms with Crippen LogP contribution in [-0.4, -0.2) is 38.0 Å². The van der Waals surface area contributed by atoms with Gasteiger partial charge in [0.1, 0.15) is 0 Å². The summed E-state index contributed by atoms with van der Waals surface area (Å²) in [6, 6.07) is 13.9. The van der Waals surface area contributed by atoms with Gasteiger partial charge in [0.25, 0.3) is 0 Å². The molecule has 0 heterocycles. The third-order valence-corrected chi connectivity index (χ3v) is 6.96. The zero-order chi connectivity index (χ0) is 19.3. The molecule has 2 aromatic carbocycles. The Hall–Kier alpha value is -1.54. The molecule has 0 bridgehead atoms. The van der Waals surface area contributed by atoms with Crippen molar-refractivity contribution in [3.8, 4) is 0 Å². The van der Waals surface area contributed by atoms with Gasteiger partial charge in [-0.15, -0.1) is 11.8 Å². The quantitative estimate of drug-likeness (QED) is 0.708. The molecule has 2 aromatic rings. The summed E-state index contributed by atoms with van der Waals surface area (Å²) in [7, 11) is -0.601. The second kappa shape index (κ2) is 8.90. The van der Waals surface area contributed by atoms with Gasteiger partial charge in [0.2, 0.25) is 15.9 Å². The highest BCUT2D eigenvalue weighted by Crippen LogP contribution is 2.25. The SMILES string of the molecule is C[C@@H](Sc1ccc(Cl)cc1)C(=O)NCc1ccccc1S(=O)(=O)N(C)C. The summed E-state index contributed by atoms with van der Waals surface area (Å²) in [5, 5.41) is 3.13. The van der Waals surface area contributed by atoms with Crippen molar-refractivity contribution in [2.45, 2.75) is 28.5 Å². The highest BCUT2D eigenvalue weighted by molar-refractivity contribution is 8.00. The van der Waals surface area contributed by atoms with E-state index in [0.29, 0.717) is 10.6 Å². The lowest BCUT2D eigenvalue weighted by Gasteiger charge is -2.16. The molecule has 0 aliphatic heterocycles. The smallest absolute Gasteiger partial charge is 0.242 e. The Bertz CT molecular complexity index is 868. The van der Waals surface area contributed by atoms with E-state index in [-0.39, 0.29) is 22.6 Å². The zero-order valence-corrected chi connectivity index (χ0v) is 17.2. The van der Waals surface area contributed by atoms with Gasteiger partial charge in [0.05, 0.1) is 10.1 Å². The van der Waals surface area contributed by atoms with Crippen molar-refractivity contribution in [3.05, 3.63) is 59.1 Å². The molecule has 0 aromatic heterocycles. The van der Waals surface area contributed by atoms with E-state index < -0.39 is 10.0 Å². The van der Waals surface area contributed by atoms with Crippen molar-refractivity contribution in [2.75, 3.05) is 14.1 Å². The Kier molecular flexibility index (Phi) is 7.11. The van der Waals surface area contributed by atoms with E-state index in [2.05, 4.69) is 5.32 Å². The van der Waals surface area contributed by atoms with E-state index >= 15 is 0 Å². The molecule has 0 aliphatic rings. The molecule has 26 heavy (non-hydrogen) atoms. The fourth-order valence-corrected chi connectivity index (χ4v) is 4.33. The van der Waals surface area contributed by atoms with Crippen LogP contribution in [0, 0.1) is 0 Å². The number of amides is 1. The summed E-state index contributed by atoms with van der Waals surface area (Å²) < 4.78 is 26.0. The van der Waals surface area contributed by atoms with Crippen LogP contribution < -0.4 is 5.32 Å². The summed E-state index contributed by atoms with van der Waals surface area (Å²) in [5.74, 6) is -0.165. The molecule has 0 aliphatic carbocycles. The predicted octanol–water partition coefficient (Wildman–Crippen LogP) is 3.39. The average molecular weight is 413 g/mol. The summed E-state index contributed by atoms with van der Waals surface area (Å²) in [6.07, 6.45) is 0. The number of carbonyl (C=O) groups is 1. The molecule has 1 amide bonds. The first-order chi connectivity index (χ1) is 12.2. The van der Waals surface area contributed by atoms with Gasteiger partial charge in [-0.05, 0) is 42.8 Å². The molecule has 5 nitrogen and oxygen atoms in total. The first kappa shape index (κ1) is 20.8. The number of hydrogen-bond acceptors (Lipinski definition) is 4. The lowest BCUT2D eigenvalue weighted by Crippen LogP contribution is -2.31. The number of thioether (sulfide) groups is 1. The molecule has 0 saturated carbocycles. The lowest BCUT2D eigenvalue weighted by atomic mass is 10.2. The topological polar surface area (TPSA) is 66.5 Å². The van der Waals surface area contributed by atoms with Crippen molar-refractivity contribution < 1.29 is 13.2 Å². The number of carbonyl (C=O) groups excluding carboxylic acids is 1. The van der Waals surface area contributed by atoms with Crippen LogP contribution in [0.25, 0.3) is 0 Å². The molecular weight excluding hydrogens is 392 g/mol. The van der Waals surface area contributed by atoms with Gasteiger partial charge in [-0.25, -0.2) is 12.7 Å². The minimum atomic E-state index is -3.56. The maximum atomic E-state index is 12.4. The largest absolute Gasteiger partial charge is 0.351 e. The molecule has 0 unspecified atom stereocenters. The van der Waals surface area contributed by atoms with E-state index in [9.17, 15) is 13.2 Å². The Morgan fingerprint density at radius 3 is 2.38 bits per heavy atom. The molecule has 0 radical (unpaired) electrons. The van der Waals surface area contributed by atoms with Gasteiger partial charge in [0, 0.05) is 30.6 Å². The number of nitrogens with one attached hydrogen (secondary N) is 1. The monoisotopic (exact) mass is 412 g/mol. The van der Waals surface area contributed by atoms with Crippen LogP contribution in [0.5, 0.6) is 0 Å². The Balaban J connectivity index is 2.04. The highest BCUT2D eigenvalue weighted by atomic mass is 35.5. The second-order valence-electron chi connectivity index (χ2n) is 5.83. The Labute approximate surface area is 163 Å². The predicted molar refractivity (Wildman–Crippen MR) is 106 cm³/mol. The molecule has 1 atom stereocenters. The standard InChI is InChI=1S/C18H21ClN2O3S2/c1-13(25-16-10-8-15(19)9-11-16)18(22)20-12-14-6-4-5-7-17(14)26(23,24)21(2)3/h4-11,13H,12H2,1-3H3,(H,20,22)/t13-/m1/s1. The number of nitrogens with zero attached hydrogens (tertiary/aromatic N) is 1. The van der Waals surface area contributed by atoms with Crippen LogP contribution in [0.15, 0.2) is 58.3 Å². The minimum absolute atomic E-state index is 0.146. The van der Waals surface area contributed by atoms with E-state index in [0.717, 1.165) is 9.20 Å². The van der Waals surface area contributed by atoms with Gasteiger partial charge >= 0.3 is 0 Å². The van der Waals surface area contributed by atoms with E-state index in [1.54, 1.807) is 43.3 Å². The van der Waals surface area contributed by atoms with Gasteiger partial charge in [-0.3, -0.25) is 4.79 Å². The minimum Gasteiger partial charge on any atom is -0.351 e. The number of sulfonamides is 1. The summed E-state index contributed by atoms with van der Waals surface area (Å²) in [4.78, 5) is 13.5. The normalized spacial score (nSPS) is 12.8. The number of hydrogen-bond donors (Lipinski definition) is 1. The van der Waals surface area contributed by atoms with Crippen LogP contribution in [0.4, 0.5) is 0 Å². The van der Waals surface area contributed by atoms with E-state index in [1.807, 2.05) is 12.1 Å². The fraction of sp³-hybridized carbons (Fsp3) is 0.278. The molecule has 8 heteroatoms. The Morgan fingerprint density at radius 1 is 1.15 bits per heavy atom. The van der Waals surface area contributed by atoms with Gasteiger partial charge in [0.15, 0.2) is 0 Å². The molecule has 1 N–H and O–H groups in total. The van der Waals surface area contributed by atoms with Gasteiger partial charge < -0.3 is 5.32 Å². The van der Waals surface area contributed by atoms with Gasteiger partial charge in [-0.1, -0.05) is 29.8 Å². The lowest BCUT2D eigenvalue weighted by molar-refractivity contribution is -0.120. The van der Waals surface area contributed by atoms with Crippen molar-refractivity contribution in [1.29, 1.82) is 0 Å². The number of rotatable bonds is 7. The van der Waals surface area contributed by atoms with Crippen LogP contribution in [-0.2, 0) is 21.4 Å². The highest BCUT2D eigenvalue weighted by Gasteiger charge is 2.21. The summed E-state index contributed by atoms with van der Waals surface area (Å²) in [6.45, 7) is 1.95. The van der Waals surface area contributed by atoms with E-state index in [1.165, 1.54) is 25.9 Å².